The number of nitrogens with zero attached hydrogens (tertiary/aromatic N) is 3. The van der Waals surface area contributed by atoms with Crippen LogP contribution >= 0.6 is 0 Å². The number of hydrogen-bond donors (Lipinski definition) is 1. The van der Waals surface area contributed by atoms with E-state index in [0.29, 0.717) is 17.8 Å². The Morgan fingerprint density at radius 3 is 2.90 bits per heavy atom. The van der Waals surface area contributed by atoms with E-state index in [1.165, 1.54) is 0 Å². The van der Waals surface area contributed by atoms with Crippen molar-refractivity contribution in [3.63, 3.8) is 0 Å². The van der Waals surface area contributed by atoms with E-state index in [4.69, 9.17) is 4.42 Å². The van der Waals surface area contributed by atoms with Crippen LogP contribution in [0.2, 0.25) is 0 Å². The molecule has 0 unspecified atom stereocenters. The molecule has 0 radical (unpaired) electrons. The van der Waals surface area contributed by atoms with E-state index in [0.717, 1.165) is 32.7 Å². The Hall–Kier alpha value is -1.66. The molecule has 0 saturated carbocycles. The summed E-state index contributed by atoms with van der Waals surface area (Å²) in [5.41, 5.74) is 1.16. The van der Waals surface area contributed by atoms with E-state index in [2.05, 4.69) is 29.0 Å². The van der Waals surface area contributed by atoms with Gasteiger partial charge in [-0.25, -0.2) is 9.78 Å². The Kier molecular flexibility index (Phi) is 5.31. The van der Waals surface area contributed by atoms with Gasteiger partial charge < -0.3 is 14.6 Å². The smallest absolute Gasteiger partial charge is 0.406 e. The molecule has 6 heteroatoms. The molecule has 2 heterocycles. The lowest BCUT2D eigenvalue weighted by Gasteiger charge is -2.17. The van der Waals surface area contributed by atoms with Crippen LogP contribution in [0.25, 0.3) is 11.2 Å². The van der Waals surface area contributed by atoms with Gasteiger partial charge in [0, 0.05) is 32.4 Å². The molecule has 0 bridgehead atoms. The van der Waals surface area contributed by atoms with Crippen molar-refractivity contribution in [3.05, 3.63) is 28.9 Å². The van der Waals surface area contributed by atoms with Crippen molar-refractivity contribution in [1.82, 2.24) is 19.8 Å². The molecular weight excluding hydrogens is 256 g/mol. The third-order valence-electron chi connectivity index (χ3n) is 3.44. The topological polar surface area (TPSA) is 63.3 Å². The fourth-order valence-electron chi connectivity index (χ4n) is 2.19. The van der Waals surface area contributed by atoms with Crippen LogP contribution in [0, 0.1) is 0 Å². The maximum absolute atomic E-state index is 11.7. The van der Waals surface area contributed by atoms with Gasteiger partial charge >= 0.3 is 5.76 Å². The number of pyridine rings is 1. The van der Waals surface area contributed by atoms with Gasteiger partial charge in [0.15, 0.2) is 11.2 Å². The summed E-state index contributed by atoms with van der Waals surface area (Å²) in [4.78, 5) is 18.3. The molecule has 110 valence electrons. The maximum atomic E-state index is 11.7. The third-order valence-corrected chi connectivity index (χ3v) is 3.44. The van der Waals surface area contributed by atoms with Crippen molar-refractivity contribution in [1.29, 1.82) is 0 Å². The summed E-state index contributed by atoms with van der Waals surface area (Å²) in [5.74, 6) is -0.343. The number of likely N-dealkylation sites (N-methyl/N-ethyl adjacent to an activating group) is 1. The van der Waals surface area contributed by atoms with Gasteiger partial charge in [0.05, 0.1) is 0 Å². The van der Waals surface area contributed by atoms with Crippen molar-refractivity contribution in [2.45, 2.75) is 20.4 Å². The highest BCUT2D eigenvalue weighted by atomic mass is 16.4. The van der Waals surface area contributed by atoms with E-state index < -0.39 is 0 Å². The number of oxazole rings is 1. The summed E-state index contributed by atoms with van der Waals surface area (Å²) in [5, 5.41) is 3.34. The summed E-state index contributed by atoms with van der Waals surface area (Å²) in [7, 11) is 0. The monoisotopic (exact) mass is 278 g/mol. The summed E-state index contributed by atoms with van der Waals surface area (Å²) >= 11 is 0. The molecule has 20 heavy (non-hydrogen) atoms. The minimum atomic E-state index is -0.343. The molecular formula is C14H22N4O2. The highest BCUT2D eigenvalue weighted by Crippen LogP contribution is 2.07. The van der Waals surface area contributed by atoms with Crippen LogP contribution in [0.3, 0.4) is 0 Å². The van der Waals surface area contributed by atoms with Gasteiger partial charge in [-0.15, -0.1) is 0 Å². The molecule has 6 nitrogen and oxygen atoms in total. The van der Waals surface area contributed by atoms with Crippen LogP contribution in [0.1, 0.15) is 13.8 Å². The first kappa shape index (κ1) is 14.7. The number of aromatic nitrogens is 2. The first-order valence-electron chi connectivity index (χ1n) is 7.13. The SMILES string of the molecule is CCN(CC)CCNCCn1c(=O)oc2cccnc21. The highest BCUT2D eigenvalue weighted by Gasteiger charge is 2.08. The molecule has 2 rings (SSSR count). The van der Waals surface area contributed by atoms with Gasteiger partial charge in [0.1, 0.15) is 0 Å². The van der Waals surface area contributed by atoms with E-state index in [-0.39, 0.29) is 5.76 Å². The number of hydrogen-bond acceptors (Lipinski definition) is 5. The first-order chi connectivity index (χ1) is 9.76. The van der Waals surface area contributed by atoms with Crippen LogP contribution in [0.4, 0.5) is 0 Å². The Balaban J connectivity index is 1.84. The van der Waals surface area contributed by atoms with Crippen molar-refractivity contribution in [2.75, 3.05) is 32.7 Å². The molecule has 0 aliphatic heterocycles. The molecule has 2 aromatic heterocycles. The first-order valence-corrected chi connectivity index (χ1v) is 7.13. The minimum absolute atomic E-state index is 0.343. The second-order valence-corrected chi connectivity index (χ2v) is 4.62. The van der Waals surface area contributed by atoms with Crippen LogP contribution in [0.5, 0.6) is 0 Å². The molecule has 0 atom stereocenters. The van der Waals surface area contributed by atoms with Gasteiger partial charge in [-0.1, -0.05) is 13.8 Å². The third kappa shape index (κ3) is 3.46. The fourth-order valence-corrected chi connectivity index (χ4v) is 2.19. The van der Waals surface area contributed by atoms with Crippen LogP contribution in [-0.2, 0) is 6.54 Å². The normalized spacial score (nSPS) is 11.6. The zero-order valence-electron chi connectivity index (χ0n) is 12.1. The Morgan fingerprint density at radius 2 is 2.15 bits per heavy atom. The lowest BCUT2D eigenvalue weighted by atomic mass is 10.4. The molecule has 0 amide bonds. The van der Waals surface area contributed by atoms with E-state index in [9.17, 15) is 4.79 Å². The lowest BCUT2D eigenvalue weighted by molar-refractivity contribution is 0.301. The van der Waals surface area contributed by atoms with Crippen molar-refractivity contribution < 1.29 is 4.42 Å². The maximum Gasteiger partial charge on any atom is 0.421 e. The Labute approximate surface area is 118 Å². The minimum Gasteiger partial charge on any atom is -0.406 e. The molecule has 0 saturated heterocycles. The average Bonchev–Trinajstić information content (AvgIpc) is 2.79. The van der Waals surface area contributed by atoms with E-state index >= 15 is 0 Å². The summed E-state index contributed by atoms with van der Waals surface area (Å²) in [6, 6.07) is 3.52. The van der Waals surface area contributed by atoms with Crippen LogP contribution < -0.4 is 11.1 Å². The predicted octanol–water partition coefficient (Wildman–Crippen LogP) is 0.921. The molecule has 0 fully saturated rings. The Bertz CT molecular complexity index is 586. The van der Waals surface area contributed by atoms with Gasteiger partial charge in [0.2, 0.25) is 0 Å². The molecule has 0 spiro atoms. The van der Waals surface area contributed by atoms with Crippen LogP contribution in [0.15, 0.2) is 27.5 Å². The van der Waals surface area contributed by atoms with Gasteiger partial charge in [-0.2, -0.15) is 0 Å². The zero-order valence-corrected chi connectivity index (χ0v) is 12.1. The molecule has 0 aliphatic carbocycles. The largest absolute Gasteiger partial charge is 0.421 e. The second-order valence-electron chi connectivity index (χ2n) is 4.62. The van der Waals surface area contributed by atoms with Gasteiger partial charge in [-0.3, -0.25) is 4.57 Å². The van der Waals surface area contributed by atoms with E-state index in [1.54, 1.807) is 22.9 Å². The number of fused-ring (bicyclic) bond motifs is 1. The number of rotatable bonds is 8. The van der Waals surface area contributed by atoms with Crippen molar-refractivity contribution >= 4 is 11.2 Å². The second kappa shape index (κ2) is 7.21. The molecule has 0 aromatic carbocycles. The summed E-state index contributed by atoms with van der Waals surface area (Å²) in [6.07, 6.45) is 1.67. The molecule has 0 aliphatic rings. The molecule has 1 N–H and O–H groups in total. The number of nitrogens with one attached hydrogen (secondary N) is 1. The highest BCUT2D eigenvalue weighted by molar-refractivity contribution is 5.67. The lowest BCUT2D eigenvalue weighted by Crippen LogP contribution is -2.33. The standard InChI is InChI=1S/C14H22N4O2/c1-3-17(4-2)10-8-15-9-11-18-13-12(20-14(18)19)6-5-7-16-13/h5-7,15H,3-4,8-11H2,1-2H3. The summed E-state index contributed by atoms with van der Waals surface area (Å²) < 4.78 is 6.71. The Morgan fingerprint density at radius 1 is 1.35 bits per heavy atom. The summed E-state index contributed by atoms with van der Waals surface area (Å²) in [6.45, 7) is 9.68. The van der Waals surface area contributed by atoms with E-state index in [1.807, 2.05) is 0 Å². The van der Waals surface area contributed by atoms with Crippen molar-refractivity contribution in [3.8, 4) is 0 Å². The fraction of sp³-hybridized carbons (Fsp3) is 0.571. The van der Waals surface area contributed by atoms with Gasteiger partial charge in [-0.05, 0) is 25.2 Å². The zero-order chi connectivity index (χ0) is 14.4. The van der Waals surface area contributed by atoms with Crippen LogP contribution in [-0.4, -0.2) is 47.2 Å². The quantitative estimate of drug-likeness (QED) is 0.728. The molecule has 2 aromatic rings. The average molecular weight is 278 g/mol. The van der Waals surface area contributed by atoms with Crippen molar-refractivity contribution in [2.24, 2.45) is 0 Å². The van der Waals surface area contributed by atoms with Gasteiger partial charge in [0.25, 0.3) is 0 Å². The predicted molar refractivity (Wildman–Crippen MR) is 78.9 cm³/mol.